The van der Waals surface area contributed by atoms with Gasteiger partial charge in [-0.1, -0.05) is 13.0 Å². The van der Waals surface area contributed by atoms with Crippen molar-refractivity contribution in [1.29, 1.82) is 0 Å². The van der Waals surface area contributed by atoms with Crippen molar-refractivity contribution in [2.45, 2.75) is 32.5 Å². The summed E-state index contributed by atoms with van der Waals surface area (Å²) in [7, 11) is -2.66. The summed E-state index contributed by atoms with van der Waals surface area (Å²) in [6.07, 6.45) is 0.659. The fourth-order valence-corrected chi connectivity index (χ4v) is 2.96. The lowest BCUT2D eigenvalue weighted by molar-refractivity contribution is 0.0901. The molecule has 2 aromatic carbocycles. The van der Waals surface area contributed by atoms with Gasteiger partial charge in [-0.05, 0) is 48.9 Å². The molecule has 2 aromatic rings. The van der Waals surface area contributed by atoms with Gasteiger partial charge in [0.25, 0.3) is 0 Å². The Morgan fingerprint density at radius 1 is 1.20 bits per heavy atom. The van der Waals surface area contributed by atoms with Crippen molar-refractivity contribution in [1.82, 2.24) is 4.72 Å². The first-order valence-electron chi connectivity index (χ1n) is 7.96. The van der Waals surface area contributed by atoms with E-state index in [9.17, 15) is 12.8 Å². The third kappa shape index (κ3) is 3.88. The molecule has 0 amide bonds. The maximum Gasteiger partial charge on any atom is 0.201 e. The van der Waals surface area contributed by atoms with Crippen LogP contribution in [0.2, 0.25) is 0 Å². The zero-order valence-electron chi connectivity index (χ0n) is 14.0. The number of hydrogen-bond acceptors (Lipinski definition) is 4. The molecule has 0 saturated carbocycles. The van der Waals surface area contributed by atoms with Crippen molar-refractivity contribution in [2.75, 3.05) is 0 Å². The van der Waals surface area contributed by atoms with Crippen molar-refractivity contribution < 1.29 is 17.5 Å². The molecule has 132 valence electrons. The number of nitrogens with one attached hydrogen (secondary N) is 1. The average Bonchev–Trinajstić information content (AvgIpc) is 2.59. The summed E-state index contributed by atoms with van der Waals surface area (Å²) in [4.78, 5) is 4.74. The van der Waals surface area contributed by atoms with E-state index in [4.69, 9.17) is 9.73 Å². The lowest BCUT2D eigenvalue weighted by atomic mass is 9.97. The predicted octanol–water partition coefficient (Wildman–Crippen LogP) is 2.80. The molecule has 0 bridgehead atoms. The maximum absolute atomic E-state index is 13.2. The fraction of sp³-hybridized carbons (Fsp3) is 0.278. The van der Waals surface area contributed by atoms with Crippen LogP contribution in [0.25, 0.3) is 0 Å². The average molecular weight is 362 g/mol. The molecule has 1 aliphatic rings. The number of aliphatic imine (C=N–C) groups is 1. The SMILES string of the molecule is CCC1(C)N=C(c2ccc(F)cc2)c2ccc(CN[SH](=O)=O)cc2O1. The number of nitrogens with zero attached hydrogens (tertiary/aromatic N) is 1. The second-order valence-corrected chi connectivity index (χ2v) is 6.85. The highest BCUT2D eigenvalue weighted by atomic mass is 32.2. The number of ether oxygens (including phenoxy) is 1. The van der Waals surface area contributed by atoms with Gasteiger partial charge in [-0.2, -0.15) is 0 Å². The molecule has 0 saturated heterocycles. The van der Waals surface area contributed by atoms with Gasteiger partial charge in [0.2, 0.25) is 10.9 Å². The van der Waals surface area contributed by atoms with E-state index in [0.717, 1.165) is 22.4 Å². The minimum Gasteiger partial charge on any atom is -0.466 e. The summed E-state index contributed by atoms with van der Waals surface area (Å²) in [6.45, 7) is 4.06. The highest BCUT2D eigenvalue weighted by Crippen LogP contribution is 2.35. The molecule has 25 heavy (non-hydrogen) atoms. The van der Waals surface area contributed by atoms with Crippen molar-refractivity contribution in [3.63, 3.8) is 0 Å². The van der Waals surface area contributed by atoms with Crippen molar-refractivity contribution in [3.05, 3.63) is 65.0 Å². The Balaban J connectivity index is 2.05. The molecule has 0 aromatic heterocycles. The van der Waals surface area contributed by atoms with Gasteiger partial charge in [-0.3, -0.25) is 0 Å². The van der Waals surface area contributed by atoms with Gasteiger partial charge in [0.15, 0.2) is 5.72 Å². The highest BCUT2D eigenvalue weighted by Gasteiger charge is 2.31. The number of fused-ring (bicyclic) bond motifs is 1. The minimum atomic E-state index is -2.66. The van der Waals surface area contributed by atoms with Gasteiger partial charge in [0.05, 0.1) is 5.71 Å². The number of halogens is 1. The van der Waals surface area contributed by atoms with Crippen LogP contribution in [0.1, 0.15) is 37.0 Å². The zero-order valence-corrected chi connectivity index (χ0v) is 14.8. The molecule has 7 heteroatoms. The number of hydrogen-bond donors (Lipinski definition) is 2. The molecular formula is C18H19FN2O3S. The predicted molar refractivity (Wildman–Crippen MR) is 95.0 cm³/mol. The van der Waals surface area contributed by atoms with Gasteiger partial charge in [0.1, 0.15) is 11.6 Å². The van der Waals surface area contributed by atoms with Crippen molar-refractivity contribution in [2.24, 2.45) is 4.99 Å². The van der Waals surface area contributed by atoms with E-state index in [-0.39, 0.29) is 12.4 Å². The lowest BCUT2D eigenvalue weighted by Crippen LogP contribution is -2.35. The molecule has 1 atom stereocenters. The Hall–Kier alpha value is -2.25. The first-order chi connectivity index (χ1) is 11.9. The molecule has 0 spiro atoms. The zero-order chi connectivity index (χ0) is 18.0. The van der Waals surface area contributed by atoms with E-state index in [2.05, 4.69) is 4.72 Å². The molecule has 0 aliphatic carbocycles. The Kier molecular flexibility index (Phi) is 4.87. The summed E-state index contributed by atoms with van der Waals surface area (Å²) < 4.78 is 43.1. The normalized spacial score (nSPS) is 19.3. The largest absolute Gasteiger partial charge is 0.466 e. The van der Waals surface area contributed by atoms with E-state index in [1.165, 1.54) is 12.1 Å². The van der Waals surface area contributed by atoms with Crippen LogP contribution in [-0.2, 0) is 17.4 Å². The first-order valence-corrected chi connectivity index (χ1v) is 9.14. The summed E-state index contributed by atoms with van der Waals surface area (Å²) in [5.74, 6) is 0.335. The second-order valence-electron chi connectivity index (χ2n) is 6.02. The number of rotatable bonds is 5. The third-order valence-electron chi connectivity index (χ3n) is 4.17. The van der Waals surface area contributed by atoms with Gasteiger partial charge in [-0.25, -0.2) is 22.5 Å². The summed E-state index contributed by atoms with van der Waals surface area (Å²) in [5, 5.41) is 0. The van der Waals surface area contributed by atoms with E-state index in [0.29, 0.717) is 12.2 Å². The van der Waals surface area contributed by atoms with Crippen LogP contribution in [0.3, 0.4) is 0 Å². The minimum absolute atomic E-state index is 0.196. The summed E-state index contributed by atoms with van der Waals surface area (Å²) in [5.41, 5.74) is 2.40. The maximum atomic E-state index is 13.2. The summed E-state index contributed by atoms with van der Waals surface area (Å²) >= 11 is 0. The Morgan fingerprint density at radius 3 is 2.56 bits per heavy atom. The molecule has 1 aliphatic heterocycles. The van der Waals surface area contributed by atoms with Crippen LogP contribution in [0, 0.1) is 5.82 Å². The van der Waals surface area contributed by atoms with Crippen molar-refractivity contribution in [3.8, 4) is 5.75 Å². The number of thiol groups is 1. The van der Waals surface area contributed by atoms with Gasteiger partial charge in [-0.15, -0.1) is 0 Å². The smallest absolute Gasteiger partial charge is 0.201 e. The highest BCUT2D eigenvalue weighted by molar-refractivity contribution is 7.70. The molecule has 1 heterocycles. The fourth-order valence-electron chi connectivity index (χ4n) is 2.65. The van der Waals surface area contributed by atoms with Gasteiger partial charge in [0, 0.05) is 24.1 Å². The van der Waals surface area contributed by atoms with Crippen LogP contribution < -0.4 is 9.46 Å². The lowest BCUT2D eigenvalue weighted by Gasteiger charge is -2.32. The second kappa shape index (κ2) is 6.93. The standard InChI is InChI=1S/C18H19FN2O3S/c1-3-18(2)21-17(13-5-7-14(19)8-6-13)15-9-4-12(10-16(15)24-18)11-20-25(22)23/h4-10,25H,3,11H2,1-2H3,(H,20,22,23). The Morgan fingerprint density at radius 2 is 1.92 bits per heavy atom. The molecular weight excluding hydrogens is 343 g/mol. The molecule has 3 rings (SSSR count). The van der Waals surface area contributed by atoms with Crippen LogP contribution in [0.15, 0.2) is 47.5 Å². The van der Waals surface area contributed by atoms with E-state index < -0.39 is 16.6 Å². The quantitative estimate of drug-likeness (QED) is 0.804. The van der Waals surface area contributed by atoms with Crippen LogP contribution in [-0.4, -0.2) is 19.9 Å². The molecule has 0 radical (unpaired) electrons. The third-order valence-corrected chi connectivity index (χ3v) is 4.58. The van der Waals surface area contributed by atoms with Crippen molar-refractivity contribution >= 4 is 16.6 Å². The van der Waals surface area contributed by atoms with Crippen LogP contribution in [0.5, 0.6) is 5.75 Å². The molecule has 5 nitrogen and oxygen atoms in total. The van der Waals surface area contributed by atoms with Gasteiger partial charge >= 0.3 is 0 Å². The van der Waals surface area contributed by atoms with E-state index in [1.807, 2.05) is 32.0 Å². The molecule has 1 unspecified atom stereocenters. The van der Waals surface area contributed by atoms with E-state index in [1.54, 1.807) is 12.1 Å². The Labute approximate surface area is 147 Å². The van der Waals surface area contributed by atoms with Gasteiger partial charge < -0.3 is 4.74 Å². The van der Waals surface area contributed by atoms with Crippen LogP contribution in [0.4, 0.5) is 4.39 Å². The van der Waals surface area contributed by atoms with Crippen LogP contribution >= 0.6 is 0 Å². The Bertz CT molecular complexity index is 886. The summed E-state index contributed by atoms with van der Waals surface area (Å²) in [6, 6.07) is 11.7. The molecule has 1 N–H and O–H groups in total. The van der Waals surface area contributed by atoms with E-state index >= 15 is 0 Å². The topological polar surface area (TPSA) is 67.8 Å². The molecule has 0 fully saturated rings. The monoisotopic (exact) mass is 362 g/mol. The first kappa shape index (κ1) is 17.6. The number of benzene rings is 2.